The summed E-state index contributed by atoms with van der Waals surface area (Å²) in [7, 11) is 0. The molecule has 3 N–H and O–H groups in total. The van der Waals surface area contributed by atoms with Gasteiger partial charge in [-0.3, -0.25) is 0 Å². The van der Waals surface area contributed by atoms with Crippen molar-refractivity contribution >= 4 is 40.5 Å². The van der Waals surface area contributed by atoms with Gasteiger partial charge >= 0.3 is 0 Å². The lowest BCUT2D eigenvalue weighted by atomic mass is 10.2. The van der Waals surface area contributed by atoms with Gasteiger partial charge in [-0.25, -0.2) is 4.98 Å². The Morgan fingerprint density at radius 1 is 1.28 bits per heavy atom. The Morgan fingerprint density at radius 2 is 2.06 bits per heavy atom. The van der Waals surface area contributed by atoms with Crippen LogP contribution in [0.1, 0.15) is 5.56 Å². The fourth-order valence-corrected chi connectivity index (χ4v) is 2.17. The van der Waals surface area contributed by atoms with Gasteiger partial charge in [0.15, 0.2) is 0 Å². The molecule has 0 saturated heterocycles. The van der Waals surface area contributed by atoms with E-state index >= 15 is 0 Å². The number of hydrogen-bond acceptors (Lipinski definition) is 4. The van der Waals surface area contributed by atoms with Crippen LogP contribution in [0.4, 0.5) is 11.5 Å². The van der Waals surface area contributed by atoms with Gasteiger partial charge in [-0.05, 0) is 30.5 Å². The molecular formula is C13H13N3S2. The van der Waals surface area contributed by atoms with Gasteiger partial charge in [-0.15, -0.1) is 11.8 Å². The lowest BCUT2D eigenvalue weighted by Crippen LogP contribution is -2.09. The maximum atomic E-state index is 5.53. The summed E-state index contributed by atoms with van der Waals surface area (Å²) in [4.78, 5) is 5.82. The van der Waals surface area contributed by atoms with Crippen molar-refractivity contribution in [1.29, 1.82) is 0 Å². The Kier molecular flexibility index (Phi) is 4.17. The smallest absolute Gasteiger partial charge is 0.130 e. The largest absolute Gasteiger partial charge is 0.389 e. The van der Waals surface area contributed by atoms with E-state index in [1.54, 1.807) is 18.0 Å². The van der Waals surface area contributed by atoms with Gasteiger partial charge in [-0.2, -0.15) is 0 Å². The molecule has 0 unspecified atom stereocenters. The van der Waals surface area contributed by atoms with E-state index in [1.807, 2.05) is 36.6 Å². The van der Waals surface area contributed by atoms with E-state index < -0.39 is 0 Å². The second kappa shape index (κ2) is 5.84. The minimum absolute atomic E-state index is 0.360. The van der Waals surface area contributed by atoms with E-state index in [-0.39, 0.29) is 0 Å². The van der Waals surface area contributed by atoms with E-state index in [1.165, 1.54) is 4.90 Å². The Labute approximate surface area is 116 Å². The monoisotopic (exact) mass is 275 g/mol. The van der Waals surface area contributed by atoms with Crippen LogP contribution in [0.3, 0.4) is 0 Å². The summed E-state index contributed by atoms with van der Waals surface area (Å²) in [6.07, 6.45) is 3.72. The van der Waals surface area contributed by atoms with Crippen molar-refractivity contribution in [2.45, 2.75) is 4.90 Å². The summed E-state index contributed by atoms with van der Waals surface area (Å²) in [5.41, 5.74) is 7.34. The summed E-state index contributed by atoms with van der Waals surface area (Å²) in [6, 6.07) is 11.8. The Hall–Kier alpha value is -1.59. The molecule has 0 spiro atoms. The molecule has 1 heterocycles. The maximum absolute atomic E-state index is 5.53. The number of aromatic nitrogens is 1. The number of benzene rings is 1. The summed E-state index contributed by atoms with van der Waals surface area (Å²) in [6.45, 7) is 0. The van der Waals surface area contributed by atoms with Crippen molar-refractivity contribution in [1.82, 2.24) is 4.98 Å². The molecule has 0 bridgehead atoms. The molecule has 92 valence electrons. The average molecular weight is 275 g/mol. The molecule has 0 atom stereocenters. The van der Waals surface area contributed by atoms with Crippen LogP contribution in [0.5, 0.6) is 0 Å². The number of nitrogens with one attached hydrogen (secondary N) is 1. The number of thioether (sulfide) groups is 1. The zero-order chi connectivity index (χ0) is 13.0. The van der Waals surface area contributed by atoms with E-state index in [2.05, 4.69) is 16.4 Å². The number of pyridine rings is 1. The first-order valence-corrected chi connectivity index (χ1v) is 7.00. The highest BCUT2D eigenvalue weighted by atomic mass is 32.2. The molecule has 2 rings (SSSR count). The summed E-state index contributed by atoms with van der Waals surface area (Å²) >= 11 is 6.58. The van der Waals surface area contributed by atoms with Crippen molar-refractivity contribution in [3.63, 3.8) is 0 Å². The molecule has 0 fully saturated rings. The van der Waals surface area contributed by atoms with Crippen LogP contribution in [0, 0.1) is 0 Å². The standard InChI is InChI=1S/C13H13N3S2/c1-18-11-5-3-2-4-10(11)16-12-7-6-9(8-15-12)13(14)17/h2-8H,1H3,(H2,14,17)(H,15,16). The van der Waals surface area contributed by atoms with E-state index in [0.717, 1.165) is 17.1 Å². The normalized spacial score (nSPS) is 10.1. The summed E-state index contributed by atoms with van der Waals surface area (Å²) in [5.74, 6) is 0.775. The third-order valence-corrected chi connectivity index (χ3v) is 3.45. The second-order valence-electron chi connectivity index (χ2n) is 3.62. The first kappa shape index (κ1) is 12.9. The van der Waals surface area contributed by atoms with Crippen LogP contribution in [0.15, 0.2) is 47.5 Å². The van der Waals surface area contributed by atoms with Crippen LogP contribution < -0.4 is 11.1 Å². The van der Waals surface area contributed by atoms with Crippen LogP contribution in [-0.4, -0.2) is 16.2 Å². The third-order valence-electron chi connectivity index (χ3n) is 2.42. The number of thiocarbonyl (C=S) groups is 1. The van der Waals surface area contributed by atoms with Crippen molar-refractivity contribution in [2.24, 2.45) is 5.73 Å². The van der Waals surface area contributed by atoms with Gasteiger partial charge < -0.3 is 11.1 Å². The highest BCUT2D eigenvalue weighted by molar-refractivity contribution is 7.98. The van der Waals surface area contributed by atoms with Gasteiger partial charge in [0.05, 0.1) is 5.69 Å². The number of nitrogens with zero attached hydrogens (tertiary/aromatic N) is 1. The van der Waals surface area contributed by atoms with Gasteiger partial charge in [0.1, 0.15) is 10.8 Å². The van der Waals surface area contributed by atoms with Crippen molar-refractivity contribution in [3.05, 3.63) is 48.2 Å². The fraction of sp³-hybridized carbons (Fsp3) is 0.0769. The molecule has 0 aliphatic rings. The average Bonchev–Trinajstić information content (AvgIpc) is 2.40. The van der Waals surface area contributed by atoms with Gasteiger partial charge in [0.25, 0.3) is 0 Å². The van der Waals surface area contributed by atoms with E-state index in [0.29, 0.717) is 4.99 Å². The fourth-order valence-electron chi connectivity index (χ4n) is 1.50. The second-order valence-corrected chi connectivity index (χ2v) is 4.91. The molecule has 0 radical (unpaired) electrons. The third kappa shape index (κ3) is 3.00. The van der Waals surface area contributed by atoms with Crippen molar-refractivity contribution < 1.29 is 0 Å². The minimum atomic E-state index is 0.360. The highest BCUT2D eigenvalue weighted by Crippen LogP contribution is 2.26. The zero-order valence-corrected chi connectivity index (χ0v) is 11.5. The SMILES string of the molecule is CSc1ccccc1Nc1ccc(C(N)=S)cn1. The predicted molar refractivity (Wildman–Crippen MR) is 81.6 cm³/mol. The Morgan fingerprint density at radius 3 is 2.67 bits per heavy atom. The Bertz CT molecular complexity index is 552. The molecule has 0 saturated carbocycles. The first-order valence-electron chi connectivity index (χ1n) is 5.36. The molecular weight excluding hydrogens is 262 g/mol. The summed E-state index contributed by atoms with van der Waals surface area (Å²) in [5, 5.41) is 3.27. The van der Waals surface area contributed by atoms with Gasteiger partial charge in [-0.1, -0.05) is 24.4 Å². The zero-order valence-electron chi connectivity index (χ0n) is 9.88. The quantitative estimate of drug-likeness (QED) is 0.663. The number of anilines is 2. The molecule has 1 aromatic carbocycles. The molecule has 0 aliphatic carbocycles. The summed E-state index contributed by atoms with van der Waals surface area (Å²) < 4.78 is 0. The first-order chi connectivity index (χ1) is 8.70. The molecule has 0 aliphatic heterocycles. The molecule has 1 aromatic heterocycles. The topological polar surface area (TPSA) is 50.9 Å². The van der Waals surface area contributed by atoms with Crippen molar-refractivity contribution in [2.75, 3.05) is 11.6 Å². The molecule has 18 heavy (non-hydrogen) atoms. The maximum Gasteiger partial charge on any atom is 0.130 e. The molecule has 3 nitrogen and oxygen atoms in total. The van der Waals surface area contributed by atoms with Gasteiger partial charge in [0, 0.05) is 16.7 Å². The van der Waals surface area contributed by atoms with Crippen LogP contribution in [-0.2, 0) is 0 Å². The molecule has 5 heteroatoms. The lowest BCUT2D eigenvalue weighted by Gasteiger charge is -2.09. The minimum Gasteiger partial charge on any atom is -0.389 e. The highest BCUT2D eigenvalue weighted by Gasteiger charge is 2.02. The van der Waals surface area contributed by atoms with E-state index in [4.69, 9.17) is 18.0 Å². The molecule has 0 amide bonds. The number of nitrogens with two attached hydrogens (primary N) is 1. The number of para-hydroxylation sites is 1. The van der Waals surface area contributed by atoms with Crippen LogP contribution in [0.2, 0.25) is 0 Å². The van der Waals surface area contributed by atoms with Crippen molar-refractivity contribution in [3.8, 4) is 0 Å². The van der Waals surface area contributed by atoms with Crippen LogP contribution >= 0.6 is 24.0 Å². The predicted octanol–water partition coefficient (Wildman–Crippen LogP) is 3.18. The van der Waals surface area contributed by atoms with E-state index in [9.17, 15) is 0 Å². The molecule has 2 aromatic rings. The number of rotatable bonds is 4. The van der Waals surface area contributed by atoms with Gasteiger partial charge in [0.2, 0.25) is 0 Å². The number of hydrogen-bond donors (Lipinski definition) is 2. The van der Waals surface area contributed by atoms with Crippen LogP contribution in [0.25, 0.3) is 0 Å². The lowest BCUT2D eigenvalue weighted by molar-refractivity contribution is 1.28. The Balaban J connectivity index is 2.21.